The van der Waals surface area contributed by atoms with Crippen molar-refractivity contribution in [3.63, 3.8) is 0 Å². The van der Waals surface area contributed by atoms with E-state index in [1.807, 2.05) is 39.8 Å². The third-order valence-corrected chi connectivity index (χ3v) is 7.70. The van der Waals surface area contributed by atoms with Crippen molar-refractivity contribution in [3.05, 3.63) is 59.4 Å². The van der Waals surface area contributed by atoms with E-state index in [1.165, 1.54) is 16.4 Å². The average molecular weight is 457 g/mol. The Morgan fingerprint density at radius 2 is 1.72 bits per heavy atom. The second kappa shape index (κ2) is 8.69. The fourth-order valence-electron chi connectivity index (χ4n) is 4.09. The van der Waals surface area contributed by atoms with Gasteiger partial charge in [0, 0.05) is 29.7 Å². The molecule has 2 aromatic carbocycles. The maximum atomic E-state index is 13.0. The summed E-state index contributed by atoms with van der Waals surface area (Å²) in [6.45, 7) is 8.39. The van der Waals surface area contributed by atoms with E-state index in [9.17, 15) is 13.2 Å². The van der Waals surface area contributed by atoms with Gasteiger partial charge in [0.25, 0.3) is 0 Å². The fourth-order valence-corrected chi connectivity index (χ4v) is 5.68. The number of morpholine rings is 1. The van der Waals surface area contributed by atoms with Crippen LogP contribution in [0.15, 0.2) is 52.0 Å². The maximum absolute atomic E-state index is 13.0. The lowest BCUT2D eigenvalue weighted by Gasteiger charge is -2.34. The van der Waals surface area contributed by atoms with Crippen LogP contribution >= 0.6 is 0 Å². The molecule has 4 rings (SSSR count). The zero-order valence-electron chi connectivity index (χ0n) is 18.7. The van der Waals surface area contributed by atoms with Gasteiger partial charge in [-0.15, -0.1) is 0 Å². The van der Waals surface area contributed by atoms with E-state index in [0.717, 1.165) is 27.7 Å². The van der Waals surface area contributed by atoms with Gasteiger partial charge in [0.15, 0.2) is 0 Å². The van der Waals surface area contributed by atoms with Gasteiger partial charge in [0.2, 0.25) is 15.9 Å². The Balaban J connectivity index is 1.45. The summed E-state index contributed by atoms with van der Waals surface area (Å²) in [7, 11) is -3.62. The normalized spacial score (nSPS) is 19.9. The van der Waals surface area contributed by atoms with E-state index >= 15 is 0 Å². The molecule has 1 aromatic heterocycles. The van der Waals surface area contributed by atoms with Crippen molar-refractivity contribution in [3.8, 4) is 0 Å². The van der Waals surface area contributed by atoms with Gasteiger partial charge in [-0.25, -0.2) is 8.42 Å². The van der Waals surface area contributed by atoms with Crippen molar-refractivity contribution in [1.29, 1.82) is 0 Å². The Bertz CT molecular complexity index is 1240. The van der Waals surface area contributed by atoms with Crippen molar-refractivity contribution >= 4 is 32.6 Å². The molecule has 1 saturated heterocycles. The van der Waals surface area contributed by atoms with Gasteiger partial charge in [0.05, 0.1) is 29.8 Å². The number of sulfonamides is 1. The molecule has 0 aliphatic carbocycles. The summed E-state index contributed by atoms with van der Waals surface area (Å²) >= 11 is 0. The number of rotatable bonds is 5. The van der Waals surface area contributed by atoms with E-state index in [2.05, 4.69) is 5.32 Å². The predicted molar refractivity (Wildman–Crippen MR) is 123 cm³/mol. The molecule has 1 aliphatic rings. The molecule has 32 heavy (non-hydrogen) atoms. The average Bonchev–Trinajstić information content (AvgIpc) is 3.13. The van der Waals surface area contributed by atoms with Crippen LogP contribution in [-0.2, 0) is 26.0 Å². The number of fused-ring (bicyclic) bond motifs is 1. The molecular weight excluding hydrogens is 428 g/mol. The topological polar surface area (TPSA) is 88.9 Å². The molecule has 0 radical (unpaired) electrons. The molecule has 1 fully saturated rings. The number of nitrogens with one attached hydrogen (secondary N) is 1. The van der Waals surface area contributed by atoms with E-state index in [4.69, 9.17) is 9.15 Å². The summed E-state index contributed by atoms with van der Waals surface area (Å²) in [5, 5.41) is 3.76. The Labute approximate surface area is 188 Å². The predicted octanol–water partition coefficient (Wildman–Crippen LogP) is 4.03. The highest BCUT2D eigenvalue weighted by atomic mass is 32.2. The SMILES string of the molecule is Cc1ccc2c(CC(=O)Nc3ccc(S(=O)(=O)N4C[C@@H](C)O[C@H](C)C4)cc3)coc2c1C. The highest BCUT2D eigenvalue weighted by molar-refractivity contribution is 7.89. The minimum atomic E-state index is -3.62. The molecule has 2 heterocycles. The van der Waals surface area contributed by atoms with Crippen LogP contribution in [0.3, 0.4) is 0 Å². The molecule has 8 heteroatoms. The van der Waals surface area contributed by atoms with Crippen LogP contribution in [0.2, 0.25) is 0 Å². The molecule has 1 aliphatic heterocycles. The molecule has 0 saturated carbocycles. The van der Waals surface area contributed by atoms with E-state index in [0.29, 0.717) is 18.8 Å². The Morgan fingerprint density at radius 1 is 1.06 bits per heavy atom. The lowest BCUT2D eigenvalue weighted by Crippen LogP contribution is -2.48. The van der Waals surface area contributed by atoms with E-state index in [1.54, 1.807) is 18.4 Å². The molecule has 0 bridgehead atoms. The number of benzene rings is 2. The monoisotopic (exact) mass is 456 g/mol. The zero-order valence-corrected chi connectivity index (χ0v) is 19.5. The first-order valence-electron chi connectivity index (χ1n) is 10.7. The van der Waals surface area contributed by atoms with E-state index in [-0.39, 0.29) is 29.4 Å². The highest BCUT2D eigenvalue weighted by Crippen LogP contribution is 2.27. The van der Waals surface area contributed by atoms with Crippen molar-refractivity contribution in [1.82, 2.24) is 4.31 Å². The number of carbonyl (C=O) groups excluding carboxylic acids is 1. The summed E-state index contributed by atoms with van der Waals surface area (Å²) in [6, 6.07) is 10.3. The molecule has 3 aromatic rings. The summed E-state index contributed by atoms with van der Waals surface area (Å²) in [5.41, 5.74) is 4.36. The largest absolute Gasteiger partial charge is 0.464 e. The Kier molecular flexibility index (Phi) is 6.11. The number of carbonyl (C=O) groups is 1. The minimum Gasteiger partial charge on any atom is -0.464 e. The minimum absolute atomic E-state index is 0.154. The van der Waals surface area contributed by atoms with Crippen LogP contribution in [0.1, 0.15) is 30.5 Å². The fraction of sp³-hybridized carbons (Fsp3) is 0.375. The Hall–Kier alpha value is -2.68. The van der Waals surface area contributed by atoms with Crippen molar-refractivity contribution < 1.29 is 22.4 Å². The van der Waals surface area contributed by atoms with E-state index < -0.39 is 10.0 Å². The molecule has 170 valence electrons. The quantitative estimate of drug-likeness (QED) is 0.626. The lowest BCUT2D eigenvalue weighted by molar-refractivity contribution is -0.115. The maximum Gasteiger partial charge on any atom is 0.243 e. The molecule has 7 nitrogen and oxygen atoms in total. The van der Waals surface area contributed by atoms with Crippen molar-refractivity contribution in [2.75, 3.05) is 18.4 Å². The van der Waals surface area contributed by atoms with Crippen LogP contribution in [-0.4, -0.2) is 43.9 Å². The molecule has 0 spiro atoms. The van der Waals surface area contributed by atoms with Crippen LogP contribution in [0.5, 0.6) is 0 Å². The van der Waals surface area contributed by atoms with Gasteiger partial charge < -0.3 is 14.5 Å². The van der Waals surface area contributed by atoms with Gasteiger partial charge in [0.1, 0.15) is 5.58 Å². The smallest absolute Gasteiger partial charge is 0.243 e. The summed E-state index contributed by atoms with van der Waals surface area (Å²) in [6.07, 6.45) is 1.48. The summed E-state index contributed by atoms with van der Waals surface area (Å²) in [5.74, 6) is -0.197. The number of furan rings is 1. The first-order chi connectivity index (χ1) is 15.1. The number of nitrogens with zero attached hydrogens (tertiary/aromatic N) is 1. The molecule has 0 unspecified atom stereocenters. The van der Waals surface area contributed by atoms with Crippen molar-refractivity contribution in [2.45, 2.75) is 51.2 Å². The number of aryl methyl sites for hydroxylation is 2. The molecular formula is C24H28N2O5S. The zero-order chi connectivity index (χ0) is 23.0. The van der Waals surface area contributed by atoms with Gasteiger partial charge in [-0.3, -0.25) is 4.79 Å². The first-order valence-corrected chi connectivity index (χ1v) is 12.1. The summed E-state index contributed by atoms with van der Waals surface area (Å²) < 4.78 is 38.7. The molecule has 1 amide bonds. The van der Waals surface area contributed by atoms with Crippen LogP contribution < -0.4 is 5.32 Å². The van der Waals surface area contributed by atoms with Crippen LogP contribution in [0.25, 0.3) is 11.0 Å². The third-order valence-electron chi connectivity index (χ3n) is 5.85. The standard InChI is InChI=1S/C24H28N2O5S/c1-15-5-10-22-19(14-30-24(22)18(15)4)11-23(27)25-20-6-8-21(9-7-20)32(28,29)26-12-16(2)31-17(3)13-26/h5-10,14,16-17H,11-13H2,1-4H3,(H,25,27)/t16-,17-/m1/s1. The number of hydrogen-bond acceptors (Lipinski definition) is 5. The second-order valence-corrected chi connectivity index (χ2v) is 10.4. The van der Waals surface area contributed by atoms with Crippen LogP contribution in [0, 0.1) is 13.8 Å². The third kappa shape index (κ3) is 4.44. The molecule has 2 atom stereocenters. The number of amides is 1. The van der Waals surface area contributed by atoms with Gasteiger partial charge in [-0.05, 0) is 63.1 Å². The highest BCUT2D eigenvalue weighted by Gasteiger charge is 2.32. The summed E-state index contributed by atoms with van der Waals surface area (Å²) in [4.78, 5) is 12.8. The number of ether oxygens (including phenoxy) is 1. The first kappa shape index (κ1) is 22.5. The van der Waals surface area contributed by atoms with Gasteiger partial charge >= 0.3 is 0 Å². The molecule has 1 N–H and O–H groups in total. The lowest BCUT2D eigenvalue weighted by atomic mass is 10.0. The van der Waals surface area contributed by atoms with Crippen LogP contribution in [0.4, 0.5) is 5.69 Å². The number of hydrogen-bond donors (Lipinski definition) is 1. The van der Waals surface area contributed by atoms with Gasteiger partial charge in [-0.2, -0.15) is 4.31 Å². The Morgan fingerprint density at radius 3 is 2.38 bits per heavy atom. The van der Waals surface area contributed by atoms with Gasteiger partial charge in [-0.1, -0.05) is 12.1 Å². The van der Waals surface area contributed by atoms with Crippen molar-refractivity contribution in [2.24, 2.45) is 0 Å². The number of anilines is 1. The second-order valence-electron chi connectivity index (χ2n) is 8.47.